The summed E-state index contributed by atoms with van der Waals surface area (Å²) in [4.78, 5) is 11.3. The van der Waals surface area contributed by atoms with Crippen LogP contribution in [0.2, 0.25) is 5.02 Å². The molecule has 1 aromatic carbocycles. The number of benzene rings is 1. The second kappa shape index (κ2) is 6.57. The average molecular weight is 259 g/mol. The van der Waals surface area contributed by atoms with Crippen LogP contribution in [0.3, 0.4) is 0 Å². The van der Waals surface area contributed by atoms with Crippen molar-refractivity contribution in [2.24, 2.45) is 0 Å². The van der Waals surface area contributed by atoms with Gasteiger partial charge in [0.2, 0.25) is 5.91 Å². The van der Waals surface area contributed by atoms with Crippen LogP contribution >= 0.6 is 11.6 Å². The van der Waals surface area contributed by atoms with Gasteiger partial charge in [-0.3, -0.25) is 4.79 Å². The van der Waals surface area contributed by atoms with E-state index < -0.39 is 0 Å². The quantitative estimate of drug-likeness (QED) is 0.849. The van der Waals surface area contributed by atoms with E-state index in [4.69, 9.17) is 11.6 Å². The smallest absolute Gasteiger partial charge is 0.234 e. The number of hydrogen-bond donors (Lipinski definition) is 2. The van der Waals surface area contributed by atoms with Gasteiger partial charge in [0.05, 0.1) is 6.54 Å². The molecular formula is C12H16ClFN2O. The summed E-state index contributed by atoms with van der Waals surface area (Å²) in [6.07, 6.45) is 0. The summed E-state index contributed by atoms with van der Waals surface area (Å²) < 4.78 is 13.4. The highest BCUT2D eigenvalue weighted by Crippen LogP contribution is 2.14. The number of carbonyl (C=O) groups is 1. The molecule has 3 nitrogen and oxygen atoms in total. The maximum Gasteiger partial charge on any atom is 0.234 e. The van der Waals surface area contributed by atoms with Crippen LogP contribution in [0.1, 0.15) is 19.4 Å². The number of rotatable bonds is 5. The van der Waals surface area contributed by atoms with Crippen molar-refractivity contribution < 1.29 is 9.18 Å². The predicted octanol–water partition coefficient (Wildman–Crippen LogP) is 2.09. The molecule has 0 saturated carbocycles. The van der Waals surface area contributed by atoms with Gasteiger partial charge in [0.15, 0.2) is 0 Å². The molecule has 17 heavy (non-hydrogen) atoms. The Morgan fingerprint density at radius 3 is 2.76 bits per heavy atom. The average Bonchev–Trinajstić information content (AvgIpc) is 2.20. The highest BCUT2D eigenvalue weighted by atomic mass is 35.5. The van der Waals surface area contributed by atoms with E-state index in [0.29, 0.717) is 17.1 Å². The van der Waals surface area contributed by atoms with Gasteiger partial charge in [-0.15, -0.1) is 0 Å². The summed E-state index contributed by atoms with van der Waals surface area (Å²) in [7, 11) is 0. The van der Waals surface area contributed by atoms with Crippen LogP contribution in [-0.4, -0.2) is 18.5 Å². The Hall–Kier alpha value is -1.13. The molecule has 0 fully saturated rings. The van der Waals surface area contributed by atoms with Gasteiger partial charge >= 0.3 is 0 Å². The zero-order valence-electron chi connectivity index (χ0n) is 9.89. The molecule has 0 bridgehead atoms. The SMILES string of the molecule is CC(C)NC(=O)CNCc1ccc(Cl)cc1F. The second-order valence-electron chi connectivity index (χ2n) is 4.06. The summed E-state index contributed by atoms with van der Waals surface area (Å²) in [5.74, 6) is -0.469. The van der Waals surface area contributed by atoms with Gasteiger partial charge < -0.3 is 10.6 Å². The fourth-order valence-electron chi connectivity index (χ4n) is 1.35. The van der Waals surface area contributed by atoms with Crippen LogP contribution in [0.25, 0.3) is 0 Å². The van der Waals surface area contributed by atoms with E-state index in [1.54, 1.807) is 12.1 Å². The fourth-order valence-corrected chi connectivity index (χ4v) is 1.51. The van der Waals surface area contributed by atoms with Crippen LogP contribution in [0.15, 0.2) is 18.2 Å². The summed E-state index contributed by atoms with van der Waals surface area (Å²) >= 11 is 5.63. The molecule has 0 aliphatic carbocycles. The zero-order chi connectivity index (χ0) is 12.8. The van der Waals surface area contributed by atoms with Gasteiger partial charge in [0, 0.05) is 23.2 Å². The molecule has 0 spiro atoms. The minimum absolute atomic E-state index is 0.102. The van der Waals surface area contributed by atoms with Crippen molar-refractivity contribution in [3.05, 3.63) is 34.6 Å². The number of carbonyl (C=O) groups excluding carboxylic acids is 1. The van der Waals surface area contributed by atoms with Crippen molar-refractivity contribution in [2.45, 2.75) is 26.4 Å². The first-order valence-electron chi connectivity index (χ1n) is 5.43. The van der Waals surface area contributed by atoms with E-state index in [2.05, 4.69) is 10.6 Å². The fraction of sp³-hybridized carbons (Fsp3) is 0.417. The molecule has 0 saturated heterocycles. The first-order valence-corrected chi connectivity index (χ1v) is 5.81. The van der Waals surface area contributed by atoms with Crippen molar-refractivity contribution in [3.63, 3.8) is 0 Å². The standard InChI is InChI=1S/C12H16ClFN2O/c1-8(2)16-12(17)7-15-6-9-3-4-10(13)5-11(9)14/h3-5,8,15H,6-7H2,1-2H3,(H,16,17). The van der Waals surface area contributed by atoms with Crippen molar-refractivity contribution in [1.82, 2.24) is 10.6 Å². The summed E-state index contributed by atoms with van der Waals surface area (Å²) in [6.45, 7) is 4.24. The molecule has 0 aliphatic rings. The Kier molecular flexibility index (Phi) is 5.38. The molecule has 1 rings (SSSR count). The number of nitrogens with one attached hydrogen (secondary N) is 2. The van der Waals surface area contributed by atoms with Crippen molar-refractivity contribution in [2.75, 3.05) is 6.54 Å². The zero-order valence-corrected chi connectivity index (χ0v) is 10.6. The van der Waals surface area contributed by atoms with Crippen LogP contribution in [0.5, 0.6) is 0 Å². The molecule has 94 valence electrons. The van der Waals surface area contributed by atoms with Crippen LogP contribution in [0.4, 0.5) is 4.39 Å². The Balaban J connectivity index is 2.38. The third-order valence-electron chi connectivity index (χ3n) is 2.07. The minimum Gasteiger partial charge on any atom is -0.353 e. The Morgan fingerprint density at radius 1 is 1.47 bits per heavy atom. The molecular weight excluding hydrogens is 243 g/mol. The van der Waals surface area contributed by atoms with Gasteiger partial charge in [-0.2, -0.15) is 0 Å². The first kappa shape index (κ1) is 13.9. The normalized spacial score (nSPS) is 10.6. The molecule has 0 aromatic heterocycles. The topological polar surface area (TPSA) is 41.1 Å². The van der Waals surface area contributed by atoms with E-state index in [0.717, 1.165) is 0 Å². The lowest BCUT2D eigenvalue weighted by molar-refractivity contribution is -0.120. The lowest BCUT2D eigenvalue weighted by atomic mass is 10.2. The molecule has 0 aliphatic heterocycles. The third kappa shape index (κ3) is 5.15. The molecule has 0 unspecified atom stereocenters. The van der Waals surface area contributed by atoms with Gasteiger partial charge in [-0.1, -0.05) is 17.7 Å². The van der Waals surface area contributed by atoms with Gasteiger partial charge in [0.25, 0.3) is 0 Å². The third-order valence-corrected chi connectivity index (χ3v) is 2.30. The molecule has 0 radical (unpaired) electrons. The summed E-state index contributed by atoms with van der Waals surface area (Å²) in [5, 5.41) is 5.97. The summed E-state index contributed by atoms with van der Waals surface area (Å²) in [5.41, 5.74) is 0.492. The molecule has 1 amide bonds. The van der Waals surface area contributed by atoms with Crippen LogP contribution < -0.4 is 10.6 Å². The summed E-state index contributed by atoms with van der Waals surface area (Å²) in [6, 6.07) is 4.59. The van der Waals surface area contributed by atoms with Crippen LogP contribution in [0, 0.1) is 5.82 Å². The van der Waals surface area contributed by atoms with Gasteiger partial charge in [-0.25, -0.2) is 4.39 Å². The van der Waals surface area contributed by atoms with E-state index in [1.165, 1.54) is 6.07 Å². The van der Waals surface area contributed by atoms with Crippen molar-refractivity contribution in [1.29, 1.82) is 0 Å². The lowest BCUT2D eigenvalue weighted by Crippen LogP contribution is -2.37. The van der Waals surface area contributed by atoms with Gasteiger partial charge in [0.1, 0.15) is 5.82 Å². The largest absolute Gasteiger partial charge is 0.353 e. The molecule has 0 atom stereocenters. The van der Waals surface area contributed by atoms with Crippen LogP contribution in [-0.2, 0) is 11.3 Å². The molecule has 0 heterocycles. The number of hydrogen-bond acceptors (Lipinski definition) is 2. The van der Waals surface area contributed by atoms with E-state index >= 15 is 0 Å². The maximum absolute atomic E-state index is 13.4. The first-order chi connectivity index (χ1) is 7.99. The molecule has 5 heteroatoms. The lowest BCUT2D eigenvalue weighted by Gasteiger charge is -2.09. The Morgan fingerprint density at radius 2 is 2.18 bits per heavy atom. The Bertz CT molecular complexity index is 396. The van der Waals surface area contributed by atoms with E-state index in [9.17, 15) is 9.18 Å². The Labute approximate surface area is 105 Å². The van der Waals surface area contributed by atoms with E-state index in [-0.39, 0.29) is 24.3 Å². The minimum atomic E-state index is -0.366. The van der Waals surface area contributed by atoms with Crippen molar-refractivity contribution >= 4 is 17.5 Å². The highest BCUT2D eigenvalue weighted by Gasteiger charge is 2.05. The van der Waals surface area contributed by atoms with Gasteiger partial charge in [-0.05, 0) is 26.0 Å². The predicted molar refractivity (Wildman–Crippen MR) is 66.4 cm³/mol. The number of halogens is 2. The number of amides is 1. The second-order valence-corrected chi connectivity index (χ2v) is 4.50. The maximum atomic E-state index is 13.4. The highest BCUT2D eigenvalue weighted by molar-refractivity contribution is 6.30. The van der Waals surface area contributed by atoms with E-state index in [1.807, 2.05) is 13.8 Å². The molecule has 1 aromatic rings. The van der Waals surface area contributed by atoms with Crippen molar-refractivity contribution in [3.8, 4) is 0 Å². The molecule has 2 N–H and O–H groups in total. The monoisotopic (exact) mass is 258 g/mol.